The van der Waals surface area contributed by atoms with Crippen molar-refractivity contribution in [3.63, 3.8) is 0 Å². The lowest BCUT2D eigenvalue weighted by atomic mass is 9.87. The number of anilines is 2. The van der Waals surface area contributed by atoms with Gasteiger partial charge in [0.25, 0.3) is 15.9 Å². The molecule has 0 radical (unpaired) electrons. The maximum Gasteiger partial charge on any atom is 0.281 e. The van der Waals surface area contributed by atoms with E-state index < -0.39 is 15.9 Å². The predicted molar refractivity (Wildman–Crippen MR) is 134 cm³/mol. The molecular weight excluding hydrogens is 450 g/mol. The van der Waals surface area contributed by atoms with E-state index in [2.05, 4.69) is 48.4 Å². The number of hydrogen-bond acceptors (Lipinski definition) is 7. The summed E-state index contributed by atoms with van der Waals surface area (Å²) < 4.78 is 28.0. The van der Waals surface area contributed by atoms with E-state index in [9.17, 15) is 13.2 Å². The fourth-order valence-electron chi connectivity index (χ4n) is 4.66. The minimum atomic E-state index is -4.21. The van der Waals surface area contributed by atoms with Gasteiger partial charge in [-0.1, -0.05) is 26.0 Å². The highest BCUT2D eigenvalue weighted by molar-refractivity contribution is 7.90. The molecule has 2 unspecified atom stereocenters. The largest absolute Gasteiger partial charge is 0.384 e. The second-order valence-corrected chi connectivity index (χ2v) is 11.7. The summed E-state index contributed by atoms with van der Waals surface area (Å²) in [5.41, 5.74) is 7.66. The SMILES string of the molecule is CC1CC=C(c2cnc(N3CCC(C)C3(C)C)c(C(=O)NS(=O)(=O)c3cccc(N)n3)c2)CC1. The number of nitrogens with zero attached hydrogens (tertiary/aromatic N) is 3. The zero-order chi connectivity index (χ0) is 24.7. The Kier molecular flexibility index (Phi) is 6.42. The molecule has 3 N–H and O–H groups in total. The molecule has 1 saturated heterocycles. The molecule has 2 aromatic rings. The molecule has 9 heteroatoms. The van der Waals surface area contributed by atoms with E-state index >= 15 is 0 Å². The van der Waals surface area contributed by atoms with Gasteiger partial charge in [0.15, 0.2) is 5.03 Å². The fraction of sp³-hybridized carbons (Fsp3) is 0.480. The summed E-state index contributed by atoms with van der Waals surface area (Å²) in [7, 11) is -4.21. The third-order valence-corrected chi connectivity index (χ3v) is 8.58. The zero-order valence-electron chi connectivity index (χ0n) is 20.2. The Labute approximate surface area is 201 Å². The van der Waals surface area contributed by atoms with E-state index in [1.165, 1.54) is 18.2 Å². The lowest BCUT2D eigenvalue weighted by molar-refractivity contribution is 0.0981. The summed E-state index contributed by atoms with van der Waals surface area (Å²) in [6, 6.07) is 6.06. The van der Waals surface area contributed by atoms with Crippen molar-refractivity contribution in [2.24, 2.45) is 11.8 Å². The van der Waals surface area contributed by atoms with Crippen LogP contribution in [0.2, 0.25) is 0 Å². The topological polar surface area (TPSA) is 118 Å². The fourth-order valence-corrected chi connectivity index (χ4v) is 5.60. The molecule has 1 amide bonds. The summed E-state index contributed by atoms with van der Waals surface area (Å²) in [5, 5.41) is -0.300. The summed E-state index contributed by atoms with van der Waals surface area (Å²) >= 11 is 0. The van der Waals surface area contributed by atoms with E-state index in [0.29, 0.717) is 17.7 Å². The van der Waals surface area contributed by atoms with Crippen LogP contribution < -0.4 is 15.4 Å². The Hall–Kier alpha value is -2.94. The summed E-state index contributed by atoms with van der Waals surface area (Å²) in [4.78, 5) is 24.1. The smallest absolute Gasteiger partial charge is 0.281 e. The summed E-state index contributed by atoms with van der Waals surface area (Å²) in [6.07, 6.45) is 7.92. The second-order valence-electron chi connectivity index (χ2n) is 10.0. The van der Waals surface area contributed by atoms with Gasteiger partial charge in [-0.3, -0.25) is 4.79 Å². The molecule has 4 rings (SSSR count). The third kappa shape index (κ3) is 4.66. The van der Waals surface area contributed by atoms with Crippen molar-refractivity contribution >= 4 is 33.1 Å². The summed E-state index contributed by atoms with van der Waals surface area (Å²) in [5.74, 6) is 0.852. The van der Waals surface area contributed by atoms with Gasteiger partial charge in [0.05, 0.1) is 5.56 Å². The normalized spacial score (nSPS) is 22.4. The number of rotatable bonds is 5. The van der Waals surface area contributed by atoms with E-state index in [0.717, 1.165) is 43.4 Å². The lowest BCUT2D eigenvalue weighted by Gasteiger charge is -2.36. The van der Waals surface area contributed by atoms with Crippen molar-refractivity contribution in [2.45, 2.75) is 63.9 Å². The van der Waals surface area contributed by atoms with Crippen LogP contribution in [0.4, 0.5) is 11.6 Å². The van der Waals surface area contributed by atoms with Crippen LogP contribution in [0.25, 0.3) is 5.57 Å². The van der Waals surface area contributed by atoms with Crippen LogP contribution in [0.5, 0.6) is 0 Å². The maximum absolute atomic E-state index is 13.4. The molecule has 0 aromatic carbocycles. The highest BCUT2D eigenvalue weighted by Crippen LogP contribution is 2.39. The molecule has 2 atom stereocenters. The van der Waals surface area contributed by atoms with Gasteiger partial charge in [-0.15, -0.1) is 0 Å². The molecule has 2 aliphatic rings. The predicted octanol–water partition coefficient (Wildman–Crippen LogP) is 4.01. The highest BCUT2D eigenvalue weighted by Gasteiger charge is 2.41. The number of aromatic nitrogens is 2. The number of hydrogen-bond donors (Lipinski definition) is 2. The molecule has 182 valence electrons. The van der Waals surface area contributed by atoms with E-state index in [1.54, 1.807) is 12.3 Å². The van der Waals surface area contributed by atoms with E-state index in [-0.39, 0.29) is 21.9 Å². The number of amides is 1. The Balaban J connectivity index is 1.75. The summed E-state index contributed by atoms with van der Waals surface area (Å²) in [6.45, 7) is 9.39. The van der Waals surface area contributed by atoms with Crippen LogP contribution in [0, 0.1) is 11.8 Å². The Morgan fingerprint density at radius 1 is 1.24 bits per heavy atom. The minimum absolute atomic E-state index is 0.0611. The second kappa shape index (κ2) is 9.02. The molecule has 0 spiro atoms. The molecule has 2 aromatic heterocycles. The monoisotopic (exact) mass is 483 g/mol. The molecule has 1 aliphatic carbocycles. The molecule has 1 fully saturated rings. The molecule has 1 aliphatic heterocycles. The highest BCUT2D eigenvalue weighted by atomic mass is 32.2. The molecule has 8 nitrogen and oxygen atoms in total. The minimum Gasteiger partial charge on any atom is -0.384 e. The van der Waals surface area contributed by atoms with Crippen LogP contribution in [0.3, 0.4) is 0 Å². The van der Waals surface area contributed by atoms with Crippen molar-refractivity contribution in [2.75, 3.05) is 17.2 Å². The van der Waals surface area contributed by atoms with Crippen molar-refractivity contribution in [1.82, 2.24) is 14.7 Å². The molecule has 34 heavy (non-hydrogen) atoms. The first-order chi connectivity index (χ1) is 16.0. The van der Waals surface area contributed by atoms with Gasteiger partial charge in [0.2, 0.25) is 0 Å². The average molecular weight is 484 g/mol. The van der Waals surface area contributed by atoms with Crippen LogP contribution in [-0.4, -0.2) is 36.4 Å². The number of nitrogens with two attached hydrogens (primary N) is 1. The van der Waals surface area contributed by atoms with Crippen molar-refractivity contribution in [3.05, 3.63) is 47.7 Å². The van der Waals surface area contributed by atoms with Gasteiger partial charge in [-0.25, -0.2) is 14.7 Å². The van der Waals surface area contributed by atoms with E-state index in [1.807, 2.05) is 0 Å². The standard InChI is InChI=1S/C25H33N5O3S/c1-16-8-10-18(11-9-16)19-14-20(23(27-15-19)30-13-12-17(2)25(30,3)4)24(31)29-34(32,33)22-7-5-6-21(26)28-22/h5-7,10,14-17H,8-9,11-13H2,1-4H3,(H2,26,28)(H,29,31). The van der Waals surface area contributed by atoms with Crippen LogP contribution in [-0.2, 0) is 10.0 Å². The zero-order valence-corrected chi connectivity index (χ0v) is 21.0. The number of allylic oxidation sites excluding steroid dienone is 2. The van der Waals surface area contributed by atoms with E-state index in [4.69, 9.17) is 10.7 Å². The molecular formula is C25H33N5O3S. The van der Waals surface area contributed by atoms with Crippen molar-refractivity contribution in [3.8, 4) is 0 Å². The quantitative estimate of drug-likeness (QED) is 0.660. The van der Waals surface area contributed by atoms with Gasteiger partial charge in [-0.05, 0) is 80.7 Å². The first-order valence-electron chi connectivity index (χ1n) is 11.8. The third-order valence-electron chi connectivity index (χ3n) is 7.35. The lowest BCUT2D eigenvalue weighted by Crippen LogP contribution is -2.43. The van der Waals surface area contributed by atoms with Gasteiger partial charge in [-0.2, -0.15) is 8.42 Å². The number of carbonyl (C=O) groups is 1. The Morgan fingerprint density at radius 2 is 2.00 bits per heavy atom. The van der Waals surface area contributed by atoms with Crippen LogP contribution in [0.1, 0.15) is 69.3 Å². The van der Waals surface area contributed by atoms with Gasteiger partial charge >= 0.3 is 0 Å². The number of pyridine rings is 2. The van der Waals surface area contributed by atoms with Crippen LogP contribution in [0.15, 0.2) is 41.6 Å². The molecule has 0 bridgehead atoms. The van der Waals surface area contributed by atoms with Crippen LogP contribution >= 0.6 is 0 Å². The molecule has 0 saturated carbocycles. The Morgan fingerprint density at radius 3 is 2.62 bits per heavy atom. The first-order valence-corrected chi connectivity index (χ1v) is 13.2. The van der Waals surface area contributed by atoms with Gasteiger partial charge in [0.1, 0.15) is 11.6 Å². The van der Waals surface area contributed by atoms with Gasteiger partial charge < -0.3 is 10.6 Å². The number of carbonyl (C=O) groups excluding carboxylic acids is 1. The average Bonchev–Trinajstić information content (AvgIpc) is 3.05. The van der Waals surface area contributed by atoms with Crippen molar-refractivity contribution < 1.29 is 13.2 Å². The van der Waals surface area contributed by atoms with Gasteiger partial charge in [0, 0.05) is 18.3 Å². The van der Waals surface area contributed by atoms with Crippen molar-refractivity contribution in [1.29, 1.82) is 0 Å². The Bertz CT molecular complexity index is 1240. The number of nitrogens with one attached hydrogen (secondary N) is 1. The number of nitrogen functional groups attached to an aromatic ring is 1. The first kappa shape index (κ1) is 24.2. The number of sulfonamides is 1. The molecule has 3 heterocycles. The maximum atomic E-state index is 13.4.